The van der Waals surface area contributed by atoms with E-state index in [9.17, 15) is 18.0 Å². The lowest BCUT2D eigenvalue weighted by Crippen LogP contribution is -2.14. The van der Waals surface area contributed by atoms with E-state index in [2.05, 4.69) is 10.6 Å². The third-order valence-electron chi connectivity index (χ3n) is 4.71. The minimum Gasteiger partial charge on any atom is -0.450 e. The van der Waals surface area contributed by atoms with Gasteiger partial charge in [-0.3, -0.25) is 5.32 Å². The van der Waals surface area contributed by atoms with Crippen LogP contribution in [0.15, 0.2) is 66.7 Å². The summed E-state index contributed by atoms with van der Waals surface area (Å²) in [5, 5.41) is 6.48. The molecule has 0 aliphatic carbocycles. The predicted molar refractivity (Wildman–Crippen MR) is 121 cm³/mol. The van der Waals surface area contributed by atoms with Crippen molar-refractivity contribution in [2.45, 2.75) is 19.5 Å². The van der Waals surface area contributed by atoms with Gasteiger partial charge in [0.15, 0.2) is 0 Å². The predicted octanol–water partition coefficient (Wildman–Crippen LogP) is 7.25. The number of nitrogens with one attached hydrogen (secondary N) is 2. The van der Waals surface area contributed by atoms with E-state index in [1.807, 2.05) is 24.3 Å². The monoisotopic (exact) mass is 462 g/mol. The van der Waals surface area contributed by atoms with Gasteiger partial charge in [-0.25, -0.2) is 4.79 Å². The summed E-state index contributed by atoms with van der Waals surface area (Å²) < 4.78 is 43.0. The molecular formula is C24H22ClF3N2O2. The van der Waals surface area contributed by atoms with Crippen LogP contribution in [0.2, 0.25) is 5.02 Å². The number of amides is 1. The molecule has 0 aromatic heterocycles. The van der Waals surface area contributed by atoms with E-state index in [0.717, 1.165) is 28.8 Å². The second kappa shape index (κ2) is 10.4. The van der Waals surface area contributed by atoms with Crippen molar-refractivity contribution in [3.05, 3.63) is 82.9 Å². The zero-order valence-electron chi connectivity index (χ0n) is 17.3. The summed E-state index contributed by atoms with van der Waals surface area (Å²) in [6.45, 7) is 2.51. The quantitative estimate of drug-likeness (QED) is 0.389. The van der Waals surface area contributed by atoms with Gasteiger partial charge in [0.1, 0.15) is 0 Å². The number of alkyl halides is 3. The lowest BCUT2D eigenvalue weighted by Gasteiger charge is -2.14. The molecule has 8 heteroatoms. The Morgan fingerprint density at radius 2 is 1.69 bits per heavy atom. The first-order valence-corrected chi connectivity index (χ1v) is 10.4. The van der Waals surface area contributed by atoms with E-state index >= 15 is 0 Å². The maximum Gasteiger partial charge on any atom is 0.416 e. The molecule has 0 heterocycles. The van der Waals surface area contributed by atoms with Crippen LogP contribution in [0.25, 0.3) is 11.1 Å². The number of halogens is 4. The third kappa shape index (κ3) is 6.40. The summed E-state index contributed by atoms with van der Waals surface area (Å²) in [4.78, 5) is 11.9. The van der Waals surface area contributed by atoms with Gasteiger partial charge in [-0.2, -0.15) is 13.2 Å². The Hall–Kier alpha value is -3.19. The molecule has 0 bridgehead atoms. The van der Waals surface area contributed by atoms with Gasteiger partial charge < -0.3 is 10.1 Å². The number of carbonyl (C=O) groups excluding carboxylic acids is 1. The maximum atomic E-state index is 12.7. The lowest BCUT2D eigenvalue weighted by atomic mass is 9.99. The van der Waals surface area contributed by atoms with Crippen molar-refractivity contribution in [3.63, 3.8) is 0 Å². The van der Waals surface area contributed by atoms with Crippen molar-refractivity contribution >= 4 is 29.1 Å². The van der Waals surface area contributed by atoms with Crippen LogP contribution < -0.4 is 10.6 Å². The Labute approximate surface area is 189 Å². The summed E-state index contributed by atoms with van der Waals surface area (Å²) in [5.41, 5.74) is 3.20. The fourth-order valence-electron chi connectivity index (χ4n) is 3.13. The number of carbonyl (C=O) groups is 1. The van der Waals surface area contributed by atoms with Crippen LogP contribution in [-0.2, 0) is 17.3 Å². The van der Waals surface area contributed by atoms with Crippen LogP contribution in [0.1, 0.15) is 18.1 Å². The van der Waals surface area contributed by atoms with Crippen molar-refractivity contribution in [3.8, 4) is 11.1 Å². The number of benzene rings is 3. The molecule has 0 radical (unpaired) electrons. The summed E-state index contributed by atoms with van der Waals surface area (Å²) in [6.07, 6.45) is -4.27. The zero-order valence-corrected chi connectivity index (χ0v) is 18.1. The largest absolute Gasteiger partial charge is 0.450 e. The molecule has 3 rings (SSSR count). The molecule has 0 spiro atoms. The average Bonchev–Trinajstić information content (AvgIpc) is 2.75. The highest BCUT2D eigenvalue weighted by atomic mass is 35.5. The molecule has 4 nitrogen and oxygen atoms in total. The first kappa shape index (κ1) is 23.5. The Bertz CT molecular complexity index is 1050. The van der Waals surface area contributed by atoms with Gasteiger partial charge in [-0.15, -0.1) is 0 Å². The molecule has 32 heavy (non-hydrogen) atoms. The molecule has 0 atom stereocenters. The molecule has 0 saturated heterocycles. The minimum atomic E-state index is -4.35. The van der Waals surface area contributed by atoms with Gasteiger partial charge >= 0.3 is 12.3 Å². The summed E-state index contributed by atoms with van der Waals surface area (Å²) in [7, 11) is 0. The first-order valence-electron chi connectivity index (χ1n) is 10.00. The SMILES string of the molecule is CCOC(=O)Nc1ccc(CCNc2ccc(C(F)(F)F)cc2)cc1-c1ccc(Cl)cc1. The molecule has 2 N–H and O–H groups in total. The zero-order chi connectivity index (χ0) is 23.1. The summed E-state index contributed by atoms with van der Waals surface area (Å²) >= 11 is 6.00. The van der Waals surface area contributed by atoms with Gasteiger partial charge in [-0.1, -0.05) is 29.8 Å². The average molecular weight is 463 g/mol. The molecule has 3 aromatic carbocycles. The van der Waals surface area contributed by atoms with Crippen LogP contribution in [0.3, 0.4) is 0 Å². The number of hydrogen-bond donors (Lipinski definition) is 2. The van der Waals surface area contributed by atoms with Crippen molar-refractivity contribution in [2.24, 2.45) is 0 Å². The number of hydrogen-bond acceptors (Lipinski definition) is 3. The fraction of sp³-hybridized carbons (Fsp3) is 0.208. The molecular weight excluding hydrogens is 441 g/mol. The number of anilines is 2. The van der Waals surface area contributed by atoms with Gasteiger partial charge in [0.2, 0.25) is 0 Å². The fourth-order valence-corrected chi connectivity index (χ4v) is 3.26. The highest BCUT2D eigenvalue weighted by molar-refractivity contribution is 6.30. The maximum absolute atomic E-state index is 12.7. The second-order valence-corrected chi connectivity index (χ2v) is 7.42. The van der Waals surface area contributed by atoms with Crippen molar-refractivity contribution < 1.29 is 22.7 Å². The molecule has 168 valence electrons. The van der Waals surface area contributed by atoms with Gasteiger partial charge in [-0.05, 0) is 73.0 Å². The normalized spacial score (nSPS) is 11.2. The van der Waals surface area contributed by atoms with Crippen LogP contribution in [0.5, 0.6) is 0 Å². The number of rotatable bonds is 7. The van der Waals surface area contributed by atoms with Crippen molar-refractivity contribution in [2.75, 3.05) is 23.8 Å². The smallest absolute Gasteiger partial charge is 0.416 e. The molecule has 0 unspecified atom stereocenters. The van der Waals surface area contributed by atoms with Crippen molar-refractivity contribution in [1.82, 2.24) is 0 Å². The van der Waals surface area contributed by atoms with Gasteiger partial charge in [0.25, 0.3) is 0 Å². The van der Waals surface area contributed by atoms with Crippen LogP contribution >= 0.6 is 11.6 Å². The van der Waals surface area contributed by atoms with Crippen LogP contribution in [-0.4, -0.2) is 19.2 Å². The summed E-state index contributed by atoms with van der Waals surface area (Å²) in [6, 6.07) is 17.8. The van der Waals surface area contributed by atoms with Crippen molar-refractivity contribution in [1.29, 1.82) is 0 Å². The Balaban J connectivity index is 1.73. The van der Waals surface area contributed by atoms with E-state index in [-0.39, 0.29) is 6.61 Å². The van der Waals surface area contributed by atoms with Crippen LogP contribution in [0, 0.1) is 0 Å². The molecule has 0 saturated carbocycles. The van der Waals surface area contributed by atoms with E-state index in [1.165, 1.54) is 12.1 Å². The Kier molecular flexibility index (Phi) is 7.64. The molecule has 1 amide bonds. The molecule has 0 fully saturated rings. The van der Waals surface area contributed by atoms with Crippen LogP contribution in [0.4, 0.5) is 29.3 Å². The standard InChI is InChI=1S/C24H22ClF3N2O2/c1-2-32-23(31)30-22-12-3-16(15-21(22)17-4-8-19(25)9-5-17)13-14-29-20-10-6-18(7-11-20)24(26,27)28/h3-12,15,29H,2,13-14H2,1H3,(H,30,31). The van der Waals surface area contributed by atoms with E-state index < -0.39 is 17.8 Å². The highest BCUT2D eigenvalue weighted by Gasteiger charge is 2.29. The molecule has 3 aromatic rings. The topological polar surface area (TPSA) is 50.4 Å². The van der Waals surface area contributed by atoms with E-state index in [0.29, 0.717) is 29.4 Å². The first-order chi connectivity index (χ1) is 15.3. The van der Waals surface area contributed by atoms with Gasteiger partial charge in [0.05, 0.1) is 17.9 Å². The second-order valence-electron chi connectivity index (χ2n) is 6.98. The Morgan fingerprint density at radius 3 is 2.31 bits per heavy atom. The van der Waals surface area contributed by atoms with Gasteiger partial charge in [0, 0.05) is 22.8 Å². The highest BCUT2D eigenvalue weighted by Crippen LogP contribution is 2.31. The molecule has 0 aliphatic heterocycles. The van der Waals surface area contributed by atoms with E-state index in [4.69, 9.17) is 16.3 Å². The lowest BCUT2D eigenvalue weighted by molar-refractivity contribution is -0.137. The minimum absolute atomic E-state index is 0.260. The Morgan fingerprint density at radius 1 is 1.00 bits per heavy atom. The van der Waals surface area contributed by atoms with E-state index in [1.54, 1.807) is 25.1 Å². The summed E-state index contributed by atoms with van der Waals surface area (Å²) in [5.74, 6) is 0. The third-order valence-corrected chi connectivity index (χ3v) is 4.96. The number of ether oxygens (including phenoxy) is 1. The molecule has 0 aliphatic rings.